The van der Waals surface area contributed by atoms with E-state index in [4.69, 9.17) is 14.2 Å². The topological polar surface area (TPSA) is 122 Å². The molecule has 204 valence electrons. The van der Waals surface area contributed by atoms with Gasteiger partial charge in [-0.05, 0) is 42.5 Å². The molecule has 1 aromatic carbocycles. The number of rotatable bonds is 10. The van der Waals surface area contributed by atoms with Crippen LogP contribution in [0.15, 0.2) is 29.4 Å². The minimum Gasteiger partial charge on any atom is -0.486 e. The molecular weight excluding hydrogens is 528 g/mol. The average molecular weight is 561 g/mol. The highest BCUT2D eigenvalue weighted by Gasteiger charge is 2.27. The maximum atomic E-state index is 12.7. The molecule has 0 unspecified atom stereocenters. The predicted molar refractivity (Wildman–Crippen MR) is 146 cm³/mol. The van der Waals surface area contributed by atoms with E-state index < -0.39 is 11.9 Å². The molecule has 1 amide bonds. The van der Waals surface area contributed by atoms with Crippen LogP contribution in [0, 0.1) is 6.92 Å². The summed E-state index contributed by atoms with van der Waals surface area (Å²) >= 11 is 2.17. The van der Waals surface area contributed by atoms with Crippen molar-refractivity contribution in [2.24, 2.45) is 0 Å². The van der Waals surface area contributed by atoms with Crippen LogP contribution in [0.25, 0.3) is 0 Å². The van der Waals surface area contributed by atoms with E-state index in [1.54, 1.807) is 6.92 Å². The second-order valence-electron chi connectivity index (χ2n) is 9.29. The summed E-state index contributed by atoms with van der Waals surface area (Å²) in [7, 11) is 2.48. The van der Waals surface area contributed by atoms with Crippen LogP contribution in [0.2, 0.25) is 0 Å². The highest BCUT2D eigenvalue weighted by molar-refractivity contribution is 7.99. The van der Waals surface area contributed by atoms with Crippen LogP contribution in [-0.2, 0) is 32.8 Å². The lowest BCUT2D eigenvalue weighted by Gasteiger charge is -2.19. The molecule has 1 N–H and O–H groups in total. The Bertz CT molecular complexity index is 1310. The van der Waals surface area contributed by atoms with E-state index in [9.17, 15) is 14.4 Å². The number of carbonyl (C=O) groups is 3. The van der Waals surface area contributed by atoms with Crippen molar-refractivity contribution in [2.75, 3.05) is 25.3 Å². The smallest absolute Gasteiger partial charge is 0.348 e. The van der Waals surface area contributed by atoms with Gasteiger partial charge in [0.1, 0.15) is 22.2 Å². The molecule has 0 radical (unpaired) electrons. The summed E-state index contributed by atoms with van der Waals surface area (Å²) in [5, 5.41) is 12.0. The molecular formula is C26H32N4O6S2. The van der Waals surface area contributed by atoms with Crippen molar-refractivity contribution in [2.45, 2.75) is 58.3 Å². The first kappa shape index (κ1) is 29.2. The first-order valence-electron chi connectivity index (χ1n) is 11.9. The van der Waals surface area contributed by atoms with Crippen molar-refractivity contribution in [3.05, 3.63) is 51.7 Å². The minimum absolute atomic E-state index is 0.0123. The number of nitrogens with one attached hydrogen (secondary N) is 1. The van der Waals surface area contributed by atoms with E-state index in [-0.39, 0.29) is 39.1 Å². The van der Waals surface area contributed by atoms with Gasteiger partial charge in [0.2, 0.25) is 5.91 Å². The van der Waals surface area contributed by atoms with Crippen LogP contribution >= 0.6 is 23.1 Å². The number of thiophene rings is 1. The zero-order valence-corrected chi connectivity index (χ0v) is 24.2. The lowest BCUT2D eigenvalue weighted by atomic mass is 9.87. The molecule has 10 nitrogen and oxygen atoms in total. The quantitative estimate of drug-likeness (QED) is 0.274. The van der Waals surface area contributed by atoms with Gasteiger partial charge in [-0.25, -0.2) is 9.59 Å². The molecule has 0 saturated heterocycles. The first-order chi connectivity index (χ1) is 18.0. The van der Waals surface area contributed by atoms with E-state index in [1.807, 2.05) is 23.6 Å². The highest BCUT2D eigenvalue weighted by atomic mass is 32.2. The summed E-state index contributed by atoms with van der Waals surface area (Å²) in [5.74, 6) is -0.238. The number of esters is 2. The Labute approximate surface area is 230 Å². The van der Waals surface area contributed by atoms with Gasteiger partial charge in [0.25, 0.3) is 0 Å². The Morgan fingerprint density at radius 2 is 1.71 bits per heavy atom. The summed E-state index contributed by atoms with van der Waals surface area (Å²) in [6.07, 6.45) is 0. The maximum absolute atomic E-state index is 12.7. The van der Waals surface area contributed by atoms with Gasteiger partial charge in [0.05, 0.1) is 25.5 Å². The largest absolute Gasteiger partial charge is 0.486 e. The number of ether oxygens (including phenoxy) is 3. The van der Waals surface area contributed by atoms with Crippen LogP contribution in [0.1, 0.15) is 64.7 Å². The van der Waals surface area contributed by atoms with E-state index >= 15 is 0 Å². The number of benzene rings is 1. The number of hydrogen-bond acceptors (Lipinski definition) is 10. The molecule has 0 aliphatic rings. The lowest BCUT2D eigenvalue weighted by Crippen LogP contribution is -2.16. The Kier molecular flexibility index (Phi) is 9.55. The number of thioether (sulfide) groups is 1. The molecule has 12 heteroatoms. The van der Waals surface area contributed by atoms with E-state index in [1.165, 1.54) is 31.5 Å². The van der Waals surface area contributed by atoms with Crippen LogP contribution in [0.4, 0.5) is 5.00 Å². The maximum Gasteiger partial charge on any atom is 0.348 e. The number of anilines is 1. The monoisotopic (exact) mass is 560 g/mol. The van der Waals surface area contributed by atoms with Crippen molar-refractivity contribution >= 4 is 45.9 Å². The van der Waals surface area contributed by atoms with Gasteiger partial charge >= 0.3 is 11.9 Å². The Morgan fingerprint density at radius 1 is 1.05 bits per heavy atom. The van der Waals surface area contributed by atoms with Crippen LogP contribution in [0.3, 0.4) is 0 Å². The van der Waals surface area contributed by atoms with Gasteiger partial charge in [0, 0.05) is 6.54 Å². The molecule has 0 aliphatic heterocycles. The zero-order valence-electron chi connectivity index (χ0n) is 22.5. The predicted octanol–water partition coefficient (Wildman–Crippen LogP) is 4.85. The molecule has 0 bridgehead atoms. The van der Waals surface area contributed by atoms with E-state index in [2.05, 4.69) is 48.4 Å². The molecule has 3 rings (SSSR count). The van der Waals surface area contributed by atoms with Gasteiger partial charge < -0.3 is 24.1 Å². The number of amides is 1. The molecule has 2 aromatic heterocycles. The highest BCUT2D eigenvalue weighted by Crippen LogP contribution is 2.34. The van der Waals surface area contributed by atoms with Crippen molar-refractivity contribution in [3.8, 4) is 5.75 Å². The van der Waals surface area contributed by atoms with Crippen LogP contribution < -0.4 is 10.1 Å². The Balaban J connectivity index is 1.66. The van der Waals surface area contributed by atoms with Gasteiger partial charge in [-0.1, -0.05) is 44.7 Å². The summed E-state index contributed by atoms with van der Waals surface area (Å²) in [4.78, 5) is 37.3. The molecule has 2 heterocycles. The van der Waals surface area contributed by atoms with Gasteiger partial charge in [-0.3, -0.25) is 4.79 Å². The molecule has 0 spiro atoms. The Hall–Kier alpha value is -3.38. The summed E-state index contributed by atoms with van der Waals surface area (Å²) in [6, 6.07) is 7.98. The SMILES string of the molecule is CCn1c(COc2ccc(C(C)(C)C)cc2)nnc1SCC(=O)Nc1sc(C(=O)OC)c(C)c1C(=O)OC. The number of carbonyl (C=O) groups excluding carboxylic acids is 3. The van der Waals surface area contributed by atoms with Crippen molar-refractivity contribution in [1.82, 2.24) is 14.8 Å². The molecule has 0 saturated carbocycles. The fourth-order valence-corrected chi connectivity index (χ4v) is 5.53. The summed E-state index contributed by atoms with van der Waals surface area (Å²) < 4.78 is 17.4. The van der Waals surface area contributed by atoms with Crippen molar-refractivity contribution < 1.29 is 28.6 Å². The molecule has 0 aliphatic carbocycles. The van der Waals surface area contributed by atoms with Crippen LogP contribution in [0.5, 0.6) is 5.75 Å². The zero-order chi connectivity index (χ0) is 28.0. The molecule has 0 atom stereocenters. The fraction of sp³-hybridized carbons (Fsp3) is 0.423. The van der Waals surface area contributed by atoms with Gasteiger partial charge in [-0.15, -0.1) is 21.5 Å². The minimum atomic E-state index is -0.653. The van der Waals surface area contributed by atoms with Crippen molar-refractivity contribution in [3.63, 3.8) is 0 Å². The second kappa shape index (κ2) is 12.4. The lowest BCUT2D eigenvalue weighted by molar-refractivity contribution is -0.113. The normalized spacial score (nSPS) is 11.2. The number of aromatic nitrogens is 3. The van der Waals surface area contributed by atoms with Gasteiger partial charge in [0.15, 0.2) is 11.0 Å². The molecule has 38 heavy (non-hydrogen) atoms. The average Bonchev–Trinajstić information content (AvgIpc) is 3.44. The number of nitrogens with zero attached hydrogens (tertiary/aromatic N) is 3. The third-order valence-corrected chi connectivity index (χ3v) is 7.84. The standard InChI is InChI=1S/C26H32N4O6S2/c1-8-30-18(13-36-17-11-9-16(10-12-17)26(3,4)5)28-29-25(30)37-14-19(31)27-22-20(23(32)34-6)15(2)21(38-22)24(33)35-7/h9-12H,8,13-14H2,1-7H3,(H,27,31). The third kappa shape index (κ3) is 6.73. The molecule has 0 fully saturated rings. The van der Waals surface area contributed by atoms with Crippen molar-refractivity contribution in [1.29, 1.82) is 0 Å². The number of hydrogen-bond donors (Lipinski definition) is 1. The van der Waals surface area contributed by atoms with Crippen LogP contribution in [-0.4, -0.2) is 52.6 Å². The third-order valence-electron chi connectivity index (χ3n) is 5.69. The second-order valence-corrected chi connectivity index (χ2v) is 11.2. The van der Waals surface area contributed by atoms with Gasteiger partial charge in [-0.2, -0.15) is 0 Å². The van der Waals surface area contributed by atoms with E-state index in [0.29, 0.717) is 23.1 Å². The first-order valence-corrected chi connectivity index (χ1v) is 13.7. The summed E-state index contributed by atoms with van der Waals surface area (Å²) in [5.41, 5.74) is 1.80. The summed E-state index contributed by atoms with van der Waals surface area (Å²) in [6.45, 7) is 10.9. The number of methoxy groups -OCH3 is 2. The van der Waals surface area contributed by atoms with E-state index in [0.717, 1.165) is 17.1 Å². The molecule has 3 aromatic rings. The fourth-order valence-electron chi connectivity index (χ4n) is 3.58. The Morgan fingerprint density at radius 3 is 2.29 bits per heavy atom.